The zero-order valence-corrected chi connectivity index (χ0v) is 9.69. The molecule has 0 heterocycles. The van der Waals surface area contributed by atoms with Gasteiger partial charge in [-0.15, -0.1) is 0 Å². The lowest BCUT2D eigenvalue weighted by atomic mass is 9.89. The van der Waals surface area contributed by atoms with Crippen LogP contribution in [0.2, 0.25) is 0 Å². The molecule has 0 fully saturated rings. The van der Waals surface area contributed by atoms with Crippen molar-refractivity contribution in [1.82, 2.24) is 4.90 Å². The maximum Gasteiger partial charge on any atom is 0.330 e. The van der Waals surface area contributed by atoms with Crippen molar-refractivity contribution in [3.05, 3.63) is 0 Å². The van der Waals surface area contributed by atoms with E-state index in [1.165, 1.54) is 6.92 Å². The summed E-state index contributed by atoms with van der Waals surface area (Å²) in [4.78, 5) is 34.4. The Hall–Kier alpha value is -1.59. The molecule has 16 heavy (non-hydrogen) atoms. The van der Waals surface area contributed by atoms with E-state index in [1.807, 2.05) is 0 Å². The number of aliphatic carboxylic acids is 2. The number of nitrogens with zero attached hydrogens (tertiary/aromatic N) is 1. The molecule has 0 rings (SSSR count). The first-order valence-electron chi connectivity index (χ1n) is 5.05. The summed E-state index contributed by atoms with van der Waals surface area (Å²) >= 11 is 0. The third-order valence-corrected chi connectivity index (χ3v) is 2.64. The van der Waals surface area contributed by atoms with Gasteiger partial charge < -0.3 is 15.1 Å². The van der Waals surface area contributed by atoms with Crippen LogP contribution in [0.15, 0.2) is 0 Å². The molecule has 6 nitrogen and oxygen atoms in total. The Kier molecular flexibility index (Phi) is 4.94. The molecule has 0 aromatic heterocycles. The molecule has 0 saturated heterocycles. The highest BCUT2D eigenvalue weighted by atomic mass is 16.4. The first-order valence-corrected chi connectivity index (χ1v) is 5.05. The molecule has 0 aromatic rings. The lowest BCUT2D eigenvalue weighted by Crippen LogP contribution is -2.57. The number of amides is 1. The van der Waals surface area contributed by atoms with Crippen molar-refractivity contribution in [2.24, 2.45) is 0 Å². The van der Waals surface area contributed by atoms with E-state index < -0.39 is 29.8 Å². The van der Waals surface area contributed by atoms with Crippen LogP contribution in [0.1, 0.15) is 33.6 Å². The van der Waals surface area contributed by atoms with E-state index in [-0.39, 0.29) is 13.0 Å². The van der Waals surface area contributed by atoms with E-state index in [0.29, 0.717) is 0 Å². The largest absolute Gasteiger partial charge is 0.481 e. The fourth-order valence-electron chi connectivity index (χ4n) is 1.83. The van der Waals surface area contributed by atoms with E-state index in [0.717, 1.165) is 4.90 Å². The molecule has 0 aliphatic rings. The van der Waals surface area contributed by atoms with Gasteiger partial charge in [0.1, 0.15) is 0 Å². The molecule has 1 amide bonds. The predicted molar refractivity (Wildman–Crippen MR) is 56.0 cm³/mol. The number of carboxylic acids is 2. The summed E-state index contributed by atoms with van der Waals surface area (Å²) in [7, 11) is 0. The van der Waals surface area contributed by atoms with Crippen LogP contribution in [0.4, 0.5) is 0 Å². The topological polar surface area (TPSA) is 94.9 Å². The van der Waals surface area contributed by atoms with Crippen molar-refractivity contribution in [1.29, 1.82) is 0 Å². The lowest BCUT2D eigenvalue weighted by molar-refractivity contribution is -0.163. The zero-order chi connectivity index (χ0) is 12.9. The molecular formula is C10H17NO5. The van der Waals surface area contributed by atoms with Crippen LogP contribution in [-0.2, 0) is 14.4 Å². The summed E-state index contributed by atoms with van der Waals surface area (Å²) < 4.78 is 0. The fourth-order valence-corrected chi connectivity index (χ4v) is 1.83. The van der Waals surface area contributed by atoms with E-state index in [1.54, 1.807) is 13.8 Å². The Morgan fingerprint density at radius 3 is 1.88 bits per heavy atom. The average molecular weight is 231 g/mol. The van der Waals surface area contributed by atoms with E-state index in [4.69, 9.17) is 10.2 Å². The molecule has 0 bridgehead atoms. The maximum absolute atomic E-state index is 11.3. The molecule has 0 aliphatic carbocycles. The van der Waals surface area contributed by atoms with Crippen molar-refractivity contribution < 1.29 is 24.6 Å². The minimum Gasteiger partial charge on any atom is -0.481 e. The molecule has 0 aromatic carbocycles. The number of hydrogen-bond donors (Lipinski definition) is 2. The third-order valence-electron chi connectivity index (χ3n) is 2.64. The highest BCUT2D eigenvalue weighted by Gasteiger charge is 2.45. The minimum atomic E-state index is -1.65. The number of hydrogen-bond acceptors (Lipinski definition) is 3. The Labute approximate surface area is 93.9 Å². The quantitative estimate of drug-likeness (QED) is 0.696. The molecule has 0 saturated carbocycles. The molecule has 2 N–H and O–H groups in total. The van der Waals surface area contributed by atoms with E-state index in [2.05, 4.69) is 0 Å². The van der Waals surface area contributed by atoms with Crippen LogP contribution < -0.4 is 0 Å². The summed E-state index contributed by atoms with van der Waals surface area (Å²) in [6, 6.07) is 0. The summed E-state index contributed by atoms with van der Waals surface area (Å²) in [5, 5.41) is 17.9. The van der Waals surface area contributed by atoms with Gasteiger partial charge in [0.15, 0.2) is 5.54 Å². The fraction of sp³-hybridized carbons (Fsp3) is 0.700. The van der Waals surface area contributed by atoms with Gasteiger partial charge in [0.2, 0.25) is 5.91 Å². The second kappa shape index (κ2) is 5.48. The number of carboxylic acid groups (broad SMARTS) is 2. The Bertz CT molecular complexity index is 302. The molecule has 0 radical (unpaired) electrons. The summed E-state index contributed by atoms with van der Waals surface area (Å²) in [5.41, 5.74) is -1.65. The molecular weight excluding hydrogens is 214 g/mol. The van der Waals surface area contributed by atoms with Crippen molar-refractivity contribution in [3.63, 3.8) is 0 Å². The van der Waals surface area contributed by atoms with Crippen LogP contribution in [0.5, 0.6) is 0 Å². The van der Waals surface area contributed by atoms with Gasteiger partial charge in [-0.2, -0.15) is 0 Å². The van der Waals surface area contributed by atoms with E-state index >= 15 is 0 Å². The average Bonchev–Trinajstić information content (AvgIpc) is 2.15. The number of carbonyl (C=O) groups is 3. The molecule has 0 aliphatic heterocycles. The standard InChI is InChI=1S/C10H17NO5/c1-4-10(9(15)16,6-8(13)14)11(5-2)7(3)12/h4-6H2,1-3H3,(H,13,14)(H,15,16)/t10-/m0/s1. The Morgan fingerprint density at radius 2 is 1.69 bits per heavy atom. The van der Waals surface area contributed by atoms with Crippen molar-refractivity contribution in [3.8, 4) is 0 Å². The first-order chi connectivity index (χ1) is 7.31. The minimum absolute atomic E-state index is 0.0576. The monoisotopic (exact) mass is 231 g/mol. The van der Waals surface area contributed by atoms with Crippen LogP contribution >= 0.6 is 0 Å². The predicted octanol–water partition coefficient (Wildman–Crippen LogP) is 0.563. The second-order valence-corrected chi connectivity index (χ2v) is 3.52. The van der Waals surface area contributed by atoms with Crippen LogP contribution in [0.25, 0.3) is 0 Å². The highest BCUT2D eigenvalue weighted by Crippen LogP contribution is 2.25. The van der Waals surface area contributed by atoms with Gasteiger partial charge in [0.05, 0.1) is 6.42 Å². The van der Waals surface area contributed by atoms with Gasteiger partial charge in [0, 0.05) is 13.5 Å². The van der Waals surface area contributed by atoms with Gasteiger partial charge >= 0.3 is 11.9 Å². The number of likely N-dealkylation sites (N-methyl/N-ethyl adjacent to an activating group) is 1. The summed E-state index contributed by atoms with van der Waals surface area (Å²) in [6.07, 6.45) is -0.533. The van der Waals surface area contributed by atoms with Gasteiger partial charge in [-0.1, -0.05) is 6.92 Å². The Morgan fingerprint density at radius 1 is 1.19 bits per heavy atom. The van der Waals surface area contributed by atoms with Gasteiger partial charge in [-0.05, 0) is 13.3 Å². The SMILES string of the molecule is CCN(C(C)=O)[C@@](CC)(CC(=O)O)C(=O)O. The highest BCUT2D eigenvalue weighted by molar-refractivity contribution is 5.90. The molecule has 1 atom stereocenters. The van der Waals surface area contributed by atoms with Gasteiger partial charge in [-0.3, -0.25) is 9.59 Å². The van der Waals surface area contributed by atoms with Crippen LogP contribution in [0, 0.1) is 0 Å². The summed E-state index contributed by atoms with van der Waals surface area (Å²) in [5.74, 6) is -2.95. The second-order valence-electron chi connectivity index (χ2n) is 3.52. The molecule has 6 heteroatoms. The Balaban J connectivity index is 5.40. The van der Waals surface area contributed by atoms with Crippen LogP contribution in [0.3, 0.4) is 0 Å². The number of rotatable bonds is 6. The third kappa shape index (κ3) is 2.71. The first kappa shape index (κ1) is 14.4. The normalized spacial score (nSPS) is 13.9. The van der Waals surface area contributed by atoms with Gasteiger partial charge in [-0.25, -0.2) is 4.79 Å². The smallest absolute Gasteiger partial charge is 0.330 e. The van der Waals surface area contributed by atoms with Crippen molar-refractivity contribution in [2.45, 2.75) is 39.2 Å². The molecule has 0 unspecified atom stereocenters. The lowest BCUT2D eigenvalue weighted by Gasteiger charge is -2.37. The van der Waals surface area contributed by atoms with Crippen molar-refractivity contribution in [2.75, 3.05) is 6.54 Å². The number of carbonyl (C=O) groups excluding carboxylic acids is 1. The molecule has 0 spiro atoms. The molecule has 92 valence electrons. The van der Waals surface area contributed by atoms with E-state index in [9.17, 15) is 14.4 Å². The van der Waals surface area contributed by atoms with Crippen LogP contribution in [-0.4, -0.2) is 45.0 Å². The summed E-state index contributed by atoms with van der Waals surface area (Å²) in [6.45, 7) is 4.58. The van der Waals surface area contributed by atoms with Gasteiger partial charge in [0.25, 0.3) is 0 Å². The van der Waals surface area contributed by atoms with Crippen molar-refractivity contribution >= 4 is 17.8 Å². The maximum atomic E-state index is 11.3. The zero-order valence-electron chi connectivity index (χ0n) is 9.69.